The number of ether oxygens (including phenoxy) is 3. The largest absolute Gasteiger partial charge is 0.444 e. The maximum Gasteiger partial charge on any atom is 0.407 e. The number of alkyl carbamates (subject to hydrolysis) is 1. The lowest BCUT2D eigenvalue weighted by Crippen LogP contribution is -2.51. The minimum Gasteiger partial charge on any atom is -0.444 e. The third-order valence-corrected chi connectivity index (χ3v) is 4.56. The summed E-state index contributed by atoms with van der Waals surface area (Å²) in [5.74, 6) is 0.0126. The van der Waals surface area contributed by atoms with Crippen LogP contribution in [0.3, 0.4) is 0 Å². The normalized spacial score (nSPS) is 22.3. The molecule has 2 rings (SSSR count). The molecular formula is C19H35N3O5. The first-order valence-electron chi connectivity index (χ1n) is 9.94. The van der Waals surface area contributed by atoms with Crippen molar-refractivity contribution in [1.82, 2.24) is 15.1 Å². The van der Waals surface area contributed by atoms with E-state index in [4.69, 9.17) is 14.2 Å². The highest BCUT2D eigenvalue weighted by molar-refractivity contribution is 5.81. The van der Waals surface area contributed by atoms with Crippen LogP contribution in [0.5, 0.6) is 0 Å². The topological polar surface area (TPSA) is 80.3 Å². The van der Waals surface area contributed by atoms with Crippen LogP contribution in [0, 0.1) is 0 Å². The number of carbonyl (C=O) groups excluding carboxylic acids is 2. The summed E-state index contributed by atoms with van der Waals surface area (Å²) in [7, 11) is 0. The quantitative estimate of drug-likeness (QED) is 0.710. The Kier molecular flexibility index (Phi) is 8.31. The number of rotatable bonds is 7. The number of carbonyl (C=O) groups is 2. The lowest BCUT2D eigenvalue weighted by molar-refractivity contribution is -0.141. The van der Waals surface area contributed by atoms with Gasteiger partial charge in [-0.3, -0.25) is 9.69 Å². The van der Waals surface area contributed by atoms with E-state index in [0.717, 1.165) is 45.7 Å². The van der Waals surface area contributed by atoms with E-state index >= 15 is 0 Å². The van der Waals surface area contributed by atoms with E-state index in [2.05, 4.69) is 10.2 Å². The zero-order chi connectivity index (χ0) is 19.9. The Bertz CT molecular complexity index is 482. The second-order valence-corrected chi connectivity index (χ2v) is 8.29. The van der Waals surface area contributed by atoms with Crippen LogP contribution in [0.2, 0.25) is 0 Å². The Balaban J connectivity index is 1.89. The summed E-state index contributed by atoms with van der Waals surface area (Å²) in [6, 6.07) is -0.213. The molecule has 0 saturated carbocycles. The number of amides is 2. The van der Waals surface area contributed by atoms with E-state index in [1.165, 1.54) is 0 Å². The Morgan fingerprint density at radius 1 is 1.26 bits per heavy atom. The van der Waals surface area contributed by atoms with Gasteiger partial charge in [-0.1, -0.05) is 0 Å². The van der Waals surface area contributed by atoms with Crippen molar-refractivity contribution in [1.29, 1.82) is 0 Å². The standard InChI is InChI=1S/C19H35N3O5/c1-15(20-18(24)27-19(2,3)4)14-22(17(23)16-6-5-11-26-16)8-7-21-9-12-25-13-10-21/h15-16H,5-14H2,1-4H3,(H,20,24). The van der Waals surface area contributed by atoms with E-state index in [1.807, 2.05) is 32.6 Å². The van der Waals surface area contributed by atoms with Crippen molar-refractivity contribution >= 4 is 12.0 Å². The molecule has 0 aromatic carbocycles. The molecule has 156 valence electrons. The molecule has 27 heavy (non-hydrogen) atoms. The summed E-state index contributed by atoms with van der Waals surface area (Å²) in [5.41, 5.74) is -0.548. The fraction of sp³-hybridized carbons (Fsp3) is 0.895. The van der Waals surface area contributed by atoms with Crippen molar-refractivity contribution < 1.29 is 23.8 Å². The van der Waals surface area contributed by atoms with Crippen LogP contribution in [-0.2, 0) is 19.0 Å². The van der Waals surface area contributed by atoms with Crippen molar-refractivity contribution in [3.63, 3.8) is 0 Å². The van der Waals surface area contributed by atoms with Crippen LogP contribution >= 0.6 is 0 Å². The zero-order valence-corrected chi connectivity index (χ0v) is 17.2. The molecule has 8 heteroatoms. The first kappa shape index (κ1) is 21.9. The molecule has 2 heterocycles. The highest BCUT2D eigenvalue weighted by Gasteiger charge is 2.30. The van der Waals surface area contributed by atoms with Crippen molar-refractivity contribution in [2.75, 3.05) is 52.5 Å². The van der Waals surface area contributed by atoms with E-state index in [-0.39, 0.29) is 18.1 Å². The van der Waals surface area contributed by atoms with Gasteiger partial charge in [-0.15, -0.1) is 0 Å². The summed E-state index contributed by atoms with van der Waals surface area (Å²) < 4.78 is 16.3. The van der Waals surface area contributed by atoms with Gasteiger partial charge in [0.15, 0.2) is 0 Å². The van der Waals surface area contributed by atoms with Crippen molar-refractivity contribution in [2.24, 2.45) is 0 Å². The Morgan fingerprint density at radius 2 is 1.96 bits per heavy atom. The van der Waals surface area contributed by atoms with Gasteiger partial charge >= 0.3 is 6.09 Å². The molecule has 0 bridgehead atoms. The minimum absolute atomic E-state index is 0.0126. The number of hydrogen-bond acceptors (Lipinski definition) is 6. The number of hydrogen-bond donors (Lipinski definition) is 1. The van der Waals surface area contributed by atoms with Gasteiger partial charge in [0.1, 0.15) is 11.7 Å². The van der Waals surface area contributed by atoms with Gasteiger partial charge in [0, 0.05) is 45.4 Å². The molecule has 0 aromatic rings. The van der Waals surface area contributed by atoms with Gasteiger partial charge in [0.2, 0.25) is 0 Å². The summed E-state index contributed by atoms with van der Waals surface area (Å²) >= 11 is 0. The molecule has 8 nitrogen and oxygen atoms in total. The maximum absolute atomic E-state index is 12.9. The first-order valence-corrected chi connectivity index (χ1v) is 9.94. The van der Waals surface area contributed by atoms with Crippen molar-refractivity contribution in [2.45, 2.75) is 58.3 Å². The molecule has 2 aliphatic rings. The third-order valence-electron chi connectivity index (χ3n) is 4.56. The third kappa shape index (κ3) is 8.02. The number of nitrogens with zero attached hydrogens (tertiary/aromatic N) is 2. The predicted molar refractivity (Wildman–Crippen MR) is 102 cm³/mol. The Hall–Kier alpha value is -1.38. The molecule has 2 amide bonds. The second-order valence-electron chi connectivity index (χ2n) is 8.29. The fourth-order valence-electron chi connectivity index (χ4n) is 3.24. The molecule has 2 atom stereocenters. The van der Waals surface area contributed by atoms with Crippen molar-refractivity contribution in [3.05, 3.63) is 0 Å². The van der Waals surface area contributed by atoms with Gasteiger partial charge in [0.05, 0.1) is 13.2 Å². The average Bonchev–Trinajstić information content (AvgIpc) is 3.11. The molecule has 2 fully saturated rings. The highest BCUT2D eigenvalue weighted by Crippen LogP contribution is 2.15. The van der Waals surface area contributed by atoms with Crippen molar-refractivity contribution in [3.8, 4) is 0 Å². The van der Waals surface area contributed by atoms with Crippen LogP contribution in [0.1, 0.15) is 40.5 Å². The lowest BCUT2D eigenvalue weighted by atomic mass is 10.2. The molecule has 2 aliphatic heterocycles. The van der Waals surface area contributed by atoms with Crippen LogP contribution in [0.15, 0.2) is 0 Å². The fourth-order valence-corrected chi connectivity index (χ4v) is 3.24. The number of nitrogens with one attached hydrogen (secondary N) is 1. The molecular weight excluding hydrogens is 350 g/mol. The van der Waals surface area contributed by atoms with E-state index in [9.17, 15) is 9.59 Å². The second kappa shape index (κ2) is 10.2. The summed E-state index contributed by atoms with van der Waals surface area (Å²) in [5, 5.41) is 2.82. The van der Waals surface area contributed by atoms with Crippen LogP contribution < -0.4 is 5.32 Å². The molecule has 2 saturated heterocycles. The van der Waals surface area contributed by atoms with Crippen LogP contribution in [0.25, 0.3) is 0 Å². The van der Waals surface area contributed by atoms with Gasteiger partial charge in [-0.05, 0) is 40.5 Å². The molecule has 2 unspecified atom stereocenters. The SMILES string of the molecule is CC(CN(CCN1CCOCC1)C(=O)C1CCCO1)NC(=O)OC(C)(C)C. The van der Waals surface area contributed by atoms with E-state index < -0.39 is 11.7 Å². The Labute approximate surface area is 162 Å². The minimum atomic E-state index is -0.548. The van der Waals surface area contributed by atoms with Crippen LogP contribution in [-0.4, -0.2) is 92.1 Å². The summed E-state index contributed by atoms with van der Waals surface area (Å²) in [6.45, 7) is 13.1. The number of morpholine rings is 1. The molecule has 0 aliphatic carbocycles. The van der Waals surface area contributed by atoms with E-state index in [1.54, 1.807) is 0 Å². The first-order chi connectivity index (χ1) is 12.7. The summed E-state index contributed by atoms with van der Waals surface area (Å²) in [6.07, 6.45) is 0.858. The lowest BCUT2D eigenvalue weighted by Gasteiger charge is -2.32. The average molecular weight is 386 g/mol. The van der Waals surface area contributed by atoms with Crippen LogP contribution in [0.4, 0.5) is 4.79 Å². The highest BCUT2D eigenvalue weighted by atomic mass is 16.6. The zero-order valence-electron chi connectivity index (χ0n) is 17.2. The predicted octanol–water partition coefficient (Wildman–Crippen LogP) is 1.24. The molecule has 1 N–H and O–H groups in total. The van der Waals surface area contributed by atoms with Gasteiger partial charge in [-0.25, -0.2) is 4.79 Å². The van der Waals surface area contributed by atoms with E-state index in [0.29, 0.717) is 19.7 Å². The van der Waals surface area contributed by atoms with Gasteiger partial charge in [-0.2, -0.15) is 0 Å². The van der Waals surface area contributed by atoms with Gasteiger partial charge < -0.3 is 24.4 Å². The molecule has 0 radical (unpaired) electrons. The monoisotopic (exact) mass is 385 g/mol. The van der Waals surface area contributed by atoms with Gasteiger partial charge in [0.25, 0.3) is 5.91 Å². The molecule has 0 spiro atoms. The molecule has 0 aromatic heterocycles. The summed E-state index contributed by atoms with van der Waals surface area (Å²) in [4.78, 5) is 29.0. The smallest absolute Gasteiger partial charge is 0.407 e. The Morgan fingerprint density at radius 3 is 2.56 bits per heavy atom. The maximum atomic E-state index is 12.9.